The molecular weight excluding hydrogens is 342 g/mol. The maximum atomic E-state index is 5.91. The van der Waals surface area contributed by atoms with E-state index in [9.17, 15) is 0 Å². The lowest BCUT2D eigenvalue weighted by molar-refractivity contribution is 0.112. The highest BCUT2D eigenvalue weighted by Crippen LogP contribution is 2.48. The van der Waals surface area contributed by atoms with E-state index < -0.39 is 0 Å². The van der Waals surface area contributed by atoms with Gasteiger partial charge in [-0.15, -0.1) is 6.42 Å². The molecule has 3 unspecified atom stereocenters. The molecule has 0 saturated heterocycles. The van der Waals surface area contributed by atoms with Crippen LogP contribution < -0.4 is 5.73 Å². The molecule has 0 amide bonds. The van der Waals surface area contributed by atoms with Crippen LogP contribution >= 0.6 is 0 Å². The van der Waals surface area contributed by atoms with Crippen molar-refractivity contribution in [2.45, 2.75) is 105 Å². The van der Waals surface area contributed by atoms with E-state index in [-0.39, 0.29) is 0 Å². The number of anilines is 1. The Labute approximate surface area is 173 Å². The monoisotopic (exact) mass is 383 g/mol. The van der Waals surface area contributed by atoms with Crippen molar-refractivity contribution in [2.24, 2.45) is 16.7 Å². The summed E-state index contributed by atoms with van der Waals surface area (Å²) in [5.41, 5.74) is 8.12. The minimum atomic E-state index is 0.299. The number of nitrogens with two attached hydrogens (primary N) is 1. The summed E-state index contributed by atoms with van der Waals surface area (Å²) in [5.74, 6) is 4.13. The summed E-state index contributed by atoms with van der Waals surface area (Å²) < 4.78 is 0. The van der Waals surface area contributed by atoms with Crippen LogP contribution in [0, 0.1) is 29.1 Å². The topological polar surface area (TPSA) is 51.8 Å². The Balaban J connectivity index is 2.38. The second kappa shape index (κ2) is 9.77. The zero-order valence-electron chi connectivity index (χ0n) is 18.9. The SMILES string of the molecule is C#Cc1nc(C2CCCCCCC(C)(C)CC(C)(CC(C)CC)C2)cnc1N. The van der Waals surface area contributed by atoms with Gasteiger partial charge in [0.25, 0.3) is 0 Å². The van der Waals surface area contributed by atoms with Crippen molar-refractivity contribution in [1.82, 2.24) is 9.97 Å². The van der Waals surface area contributed by atoms with Gasteiger partial charge in [0.2, 0.25) is 0 Å². The molecule has 3 atom stereocenters. The highest BCUT2D eigenvalue weighted by atomic mass is 14.9. The Kier molecular flexibility index (Phi) is 7.93. The molecule has 0 spiro atoms. The first-order chi connectivity index (χ1) is 13.2. The first-order valence-electron chi connectivity index (χ1n) is 11.3. The van der Waals surface area contributed by atoms with E-state index in [0.29, 0.717) is 28.3 Å². The summed E-state index contributed by atoms with van der Waals surface area (Å²) in [6.07, 6.45) is 20.2. The molecule has 0 aromatic carbocycles. The Morgan fingerprint density at radius 3 is 2.64 bits per heavy atom. The Hall–Kier alpha value is -1.56. The molecule has 2 rings (SSSR count). The second-order valence-electron chi connectivity index (χ2n) is 10.4. The first kappa shape index (κ1) is 22.7. The second-order valence-corrected chi connectivity index (χ2v) is 10.4. The maximum Gasteiger partial charge on any atom is 0.158 e. The van der Waals surface area contributed by atoms with E-state index in [0.717, 1.165) is 18.0 Å². The van der Waals surface area contributed by atoms with Gasteiger partial charge < -0.3 is 5.73 Å². The van der Waals surface area contributed by atoms with E-state index in [1.807, 2.05) is 6.20 Å². The third-order valence-corrected chi connectivity index (χ3v) is 6.71. The van der Waals surface area contributed by atoms with Crippen LogP contribution in [0.3, 0.4) is 0 Å². The number of nitrogens with zero attached hydrogens (tertiary/aromatic N) is 2. The molecule has 2 N–H and O–H groups in total. The number of terminal acetylenes is 1. The van der Waals surface area contributed by atoms with Crippen LogP contribution in [0.2, 0.25) is 0 Å². The summed E-state index contributed by atoms with van der Waals surface area (Å²) in [4.78, 5) is 9.11. The zero-order chi connectivity index (χ0) is 20.8. The molecule has 1 heterocycles. The van der Waals surface area contributed by atoms with Gasteiger partial charge in [-0.3, -0.25) is 0 Å². The van der Waals surface area contributed by atoms with Gasteiger partial charge in [0.05, 0.1) is 11.9 Å². The number of nitrogen functional groups attached to an aromatic ring is 1. The Bertz CT molecular complexity index is 673. The molecule has 1 aromatic rings. The quantitative estimate of drug-likeness (QED) is 0.587. The van der Waals surface area contributed by atoms with E-state index in [1.54, 1.807) is 0 Å². The van der Waals surface area contributed by atoms with E-state index in [1.165, 1.54) is 57.8 Å². The van der Waals surface area contributed by atoms with Crippen molar-refractivity contribution in [3.8, 4) is 12.3 Å². The van der Waals surface area contributed by atoms with Gasteiger partial charge in [0.1, 0.15) is 0 Å². The van der Waals surface area contributed by atoms with Crippen molar-refractivity contribution in [3.05, 3.63) is 17.6 Å². The van der Waals surface area contributed by atoms with Crippen LogP contribution in [-0.4, -0.2) is 9.97 Å². The minimum absolute atomic E-state index is 0.299. The van der Waals surface area contributed by atoms with Crippen molar-refractivity contribution >= 4 is 5.82 Å². The predicted molar refractivity (Wildman–Crippen MR) is 120 cm³/mol. The molecule has 0 bridgehead atoms. The highest BCUT2D eigenvalue weighted by Gasteiger charge is 2.36. The predicted octanol–water partition coefficient (Wildman–Crippen LogP) is 6.73. The Morgan fingerprint density at radius 1 is 1.25 bits per heavy atom. The lowest BCUT2D eigenvalue weighted by Crippen LogP contribution is -2.30. The molecular formula is C25H41N3. The smallest absolute Gasteiger partial charge is 0.158 e. The number of aromatic nitrogens is 2. The fourth-order valence-electron chi connectivity index (χ4n) is 5.47. The number of rotatable bonds is 4. The summed E-state index contributed by atoms with van der Waals surface area (Å²) >= 11 is 0. The summed E-state index contributed by atoms with van der Waals surface area (Å²) in [6, 6.07) is 0. The summed E-state index contributed by atoms with van der Waals surface area (Å²) in [6.45, 7) is 12.2. The van der Waals surface area contributed by atoms with Gasteiger partial charge in [0, 0.05) is 5.92 Å². The maximum absolute atomic E-state index is 5.91. The van der Waals surface area contributed by atoms with E-state index in [4.69, 9.17) is 17.1 Å². The molecule has 1 aromatic heterocycles. The number of hydrogen-bond donors (Lipinski definition) is 1. The van der Waals surface area contributed by atoms with Crippen LogP contribution in [0.25, 0.3) is 0 Å². The van der Waals surface area contributed by atoms with Crippen LogP contribution in [0.15, 0.2) is 6.20 Å². The average Bonchev–Trinajstić information content (AvgIpc) is 2.65. The van der Waals surface area contributed by atoms with Gasteiger partial charge in [-0.05, 0) is 54.8 Å². The highest BCUT2D eigenvalue weighted by molar-refractivity contribution is 5.45. The fourth-order valence-corrected chi connectivity index (χ4v) is 5.47. The van der Waals surface area contributed by atoms with Crippen molar-refractivity contribution in [2.75, 3.05) is 5.73 Å². The minimum Gasteiger partial charge on any atom is -0.381 e. The van der Waals surface area contributed by atoms with Crippen molar-refractivity contribution in [1.29, 1.82) is 0 Å². The zero-order valence-corrected chi connectivity index (χ0v) is 18.9. The third-order valence-electron chi connectivity index (χ3n) is 6.71. The molecule has 0 radical (unpaired) electrons. The molecule has 28 heavy (non-hydrogen) atoms. The lowest BCUT2D eigenvalue weighted by atomic mass is 9.64. The van der Waals surface area contributed by atoms with Crippen LogP contribution in [0.5, 0.6) is 0 Å². The van der Waals surface area contributed by atoms with Gasteiger partial charge in [-0.25, -0.2) is 9.97 Å². The van der Waals surface area contributed by atoms with Crippen LogP contribution in [0.1, 0.15) is 116 Å². The molecule has 156 valence electrons. The van der Waals surface area contributed by atoms with Gasteiger partial charge >= 0.3 is 0 Å². The molecule has 1 aliphatic rings. The number of hydrogen-bond acceptors (Lipinski definition) is 3. The molecule has 0 aliphatic heterocycles. The van der Waals surface area contributed by atoms with Crippen molar-refractivity contribution < 1.29 is 0 Å². The molecule has 3 heteroatoms. The molecule has 3 nitrogen and oxygen atoms in total. The normalized spacial score (nSPS) is 27.4. The largest absolute Gasteiger partial charge is 0.381 e. The lowest BCUT2D eigenvalue weighted by Gasteiger charge is -2.41. The van der Waals surface area contributed by atoms with E-state index in [2.05, 4.69) is 45.5 Å². The van der Waals surface area contributed by atoms with E-state index >= 15 is 0 Å². The molecule has 1 fully saturated rings. The van der Waals surface area contributed by atoms with Crippen LogP contribution in [-0.2, 0) is 0 Å². The fraction of sp³-hybridized carbons (Fsp3) is 0.760. The van der Waals surface area contributed by atoms with Crippen molar-refractivity contribution in [3.63, 3.8) is 0 Å². The first-order valence-corrected chi connectivity index (χ1v) is 11.3. The summed E-state index contributed by atoms with van der Waals surface area (Å²) in [7, 11) is 0. The van der Waals surface area contributed by atoms with Gasteiger partial charge in [0.15, 0.2) is 11.5 Å². The summed E-state index contributed by atoms with van der Waals surface area (Å²) in [5, 5.41) is 0. The van der Waals surface area contributed by atoms with Gasteiger partial charge in [-0.1, -0.05) is 66.7 Å². The molecule has 1 aliphatic carbocycles. The standard InChI is InChI=1S/C25H41N3/c1-7-19(3)15-25(6)16-20(22-17-27-23(26)21(8-2)28-22)13-11-9-10-12-14-24(4,5)18-25/h2,17,19-20H,7,9-16,18H2,1,3-6H3,(H2,26,27). The van der Waals surface area contributed by atoms with Crippen LogP contribution in [0.4, 0.5) is 5.82 Å². The Morgan fingerprint density at radius 2 is 1.96 bits per heavy atom. The molecule has 1 saturated carbocycles. The van der Waals surface area contributed by atoms with Gasteiger partial charge in [-0.2, -0.15) is 0 Å². The average molecular weight is 384 g/mol. The third kappa shape index (κ3) is 6.50.